The second-order valence-corrected chi connectivity index (χ2v) is 2.63. The van der Waals surface area contributed by atoms with Gasteiger partial charge in [-0.1, -0.05) is 18.6 Å². The van der Waals surface area contributed by atoms with Crippen LogP contribution in [-0.2, 0) is 0 Å². The molecule has 1 N–H and O–H groups in total. The average Bonchev–Trinajstić information content (AvgIpc) is 1.87. The smallest absolute Gasteiger partial charge is 0.0459 e. The van der Waals surface area contributed by atoms with Gasteiger partial charge in [0.2, 0.25) is 0 Å². The molecule has 0 heterocycles. The lowest BCUT2D eigenvalue weighted by atomic mass is 10.0. The molecule has 1 heteroatoms. The Bertz CT molecular complexity index is 94.7. The normalized spacial score (nSPS) is 15.8. The van der Waals surface area contributed by atoms with Crippen molar-refractivity contribution in [2.75, 3.05) is 6.61 Å². The van der Waals surface area contributed by atoms with Gasteiger partial charge in [-0.15, -0.1) is 0 Å². The SMILES string of the molecule is C/C=C(\C)C[C@H](C)CO. The van der Waals surface area contributed by atoms with Crippen molar-refractivity contribution in [1.29, 1.82) is 0 Å². The van der Waals surface area contributed by atoms with E-state index in [2.05, 4.69) is 13.0 Å². The standard InChI is InChI=1S/C8H16O/c1-4-7(2)5-8(3)6-9/h4,8-9H,5-6H2,1-3H3/b7-4+/t8-/m0/s1. The van der Waals surface area contributed by atoms with E-state index in [1.54, 1.807) is 0 Å². The number of hydrogen-bond donors (Lipinski definition) is 1. The Morgan fingerprint density at radius 1 is 1.67 bits per heavy atom. The molecule has 0 amide bonds. The molecule has 0 rings (SSSR count). The highest BCUT2D eigenvalue weighted by atomic mass is 16.3. The molecule has 1 atom stereocenters. The Morgan fingerprint density at radius 2 is 2.22 bits per heavy atom. The summed E-state index contributed by atoms with van der Waals surface area (Å²) in [4.78, 5) is 0. The highest BCUT2D eigenvalue weighted by Crippen LogP contribution is 2.08. The minimum atomic E-state index is 0.297. The van der Waals surface area contributed by atoms with Crippen LogP contribution in [0, 0.1) is 5.92 Å². The molecular weight excluding hydrogens is 112 g/mol. The van der Waals surface area contributed by atoms with E-state index in [0.717, 1.165) is 6.42 Å². The summed E-state index contributed by atoms with van der Waals surface area (Å²) in [5, 5.41) is 8.65. The third-order valence-electron chi connectivity index (χ3n) is 1.47. The van der Waals surface area contributed by atoms with Crippen molar-refractivity contribution in [3.63, 3.8) is 0 Å². The van der Waals surface area contributed by atoms with Crippen LogP contribution >= 0.6 is 0 Å². The maximum absolute atomic E-state index is 8.65. The van der Waals surface area contributed by atoms with E-state index in [-0.39, 0.29) is 0 Å². The molecule has 1 nitrogen and oxygen atoms in total. The van der Waals surface area contributed by atoms with E-state index in [4.69, 9.17) is 5.11 Å². The Morgan fingerprint density at radius 3 is 2.56 bits per heavy atom. The van der Waals surface area contributed by atoms with Gasteiger partial charge in [0.15, 0.2) is 0 Å². The maximum atomic E-state index is 8.65. The van der Waals surface area contributed by atoms with Gasteiger partial charge in [-0.2, -0.15) is 0 Å². The molecule has 0 unspecified atom stereocenters. The number of aliphatic hydroxyl groups excluding tert-OH is 1. The third kappa shape index (κ3) is 4.22. The summed E-state index contributed by atoms with van der Waals surface area (Å²) in [6, 6.07) is 0. The van der Waals surface area contributed by atoms with Crippen LogP contribution in [-0.4, -0.2) is 11.7 Å². The van der Waals surface area contributed by atoms with Crippen LogP contribution in [0.3, 0.4) is 0 Å². The molecule has 0 aliphatic carbocycles. The van der Waals surface area contributed by atoms with Crippen LogP contribution in [0.25, 0.3) is 0 Å². The van der Waals surface area contributed by atoms with Crippen LogP contribution in [0.5, 0.6) is 0 Å². The van der Waals surface area contributed by atoms with Crippen molar-refractivity contribution < 1.29 is 5.11 Å². The second-order valence-electron chi connectivity index (χ2n) is 2.63. The van der Waals surface area contributed by atoms with Gasteiger partial charge in [-0.05, 0) is 26.2 Å². The first-order valence-electron chi connectivity index (χ1n) is 3.43. The zero-order valence-electron chi connectivity index (χ0n) is 6.52. The van der Waals surface area contributed by atoms with Crippen molar-refractivity contribution in [2.45, 2.75) is 27.2 Å². The zero-order valence-corrected chi connectivity index (χ0v) is 6.52. The summed E-state index contributed by atoms with van der Waals surface area (Å²) in [6.45, 7) is 6.46. The van der Waals surface area contributed by atoms with Crippen LogP contribution in [0.1, 0.15) is 27.2 Å². The lowest BCUT2D eigenvalue weighted by Gasteiger charge is -2.05. The zero-order chi connectivity index (χ0) is 7.28. The topological polar surface area (TPSA) is 20.2 Å². The minimum Gasteiger partial charge on any atom is -0.396 e. The number of allylic oxidation sites excluding steroid dienone is 2. The van der Waals surface area contributed by atoms with Gasteiger partial charge < -0.3 is 5.11 Å². The van der Waals surface area contributed by atoms with Crippen molar-refractivity contribution >= 4 is 0 Å². The van der Waals surface area contributed by atoms with Crippen molar-refractivity contribution in [1.82, 2.24) is 0 Å². The Labute approximate surface area is 57.4 Å². The summed E-state index contributed by atoms with van der Waals surface area (Å²) < 4.78 is 0. The minimum absolute atomic E-state index is 0.297. The summed E-state index contributed by atoms with van der Waals surface area (Å²) in [7, 11) is 0. The highest BCUT2D eigenvalue weighted by Gasteiger charge is 1.98. The van der Waals surface area contributed by atoms with Gasteiger partial charge in [0.25, 0.3) is 0 Å². The molecule has 0 radical (unpaired) electrons. The fraction of sp³-hybridized carbons (Fsp3) is 0.750. The van der Waals surface area contributed by atoms with E-state index in [9.17, 15) is 0 Å². The van der Waals surface area contributed by atoms with Crippen LogP contribution < -0.4 is 0 Å². The van der Waals surface area contributed by atoms with Gasteiger partial charge in [-0.25, -0.2) is 0 Å². The van der Waals surface area contributed by atoms with Crippen molar-refractivity contribution in [3.05, 3.63) is 11.6 Å². The summed E-state index contributed by atoms with van der Waals surface area (Å²) in [5.74, 6) is 0.418. The molecule has 9 heavy (non-hydrogen) atoms. The third-order valence-corrected chi connectivity index (χ3v) is 1.47. The Balaban J connectivity index is 3.47. The molecule has 0 aromatic carbocycles. The summed E-state index contributed by atoms with van der Waals surface area (Å²) in [6.07, 6.45) is 3.11. The lowest BCUT2D eigenvalue weighted by Crippen LogP contribution is -2.00. The van der Waals surface area contributed by atoms with Crippen molar-refractivity contribution in [2.24, 2.45) is 5.92 Å². The monoisotopic (exact) mass is 128 g/mol. The molecule has 0 fully saturated rings. The molecule has 0 aliphatic heterocycles. The molecular formula is C8H16O. The van der Waals surface area contributed by atoms with E-state index in [1.165, 1.54) is 5.57 Å². The van der Waals surface area contributed by atoms with Crippen molar-refractivity contribution in [3.8, 4) is 0 Å². The molecule has 0 aromatic rings. The predicted octanol–water partition coefficient (Wildman–Crippen LogP) is 1.97. The maximum Gasteiger partial charge on any atom is 0.0459 e. The average molecular weight is 128 g/mol. The van der Waals surface area contributed by atoms with Gasteiger partial charge in [-0.3, -0.25) is 0 Å². The number of aliphatic hydroxyl groups is 1. The largest absolute Gasteiger partial charge is 0.396 e. The Hall–Kier alpha value is -0.300. The fourth-order valence-electron chi connectivity index (χ4n) is 0.732. The van der Waals surface area contributed by atoms with E-state index < -0.39 is 0 Å². The molecule has 0 saturated heterocycles. The molecule has 54 valence electrons. The summed E-state index contributed by atoms with van der Waals surface area (Å²) >= 11 is 0. The van der Waals surface area contributed by atoms with E-state index in [0.29, 0.717) is 12.5 Å². The van der Waals surface area contributed by atoms with Crippen LogP contribution in [0.15, 0.2) is 11.6 Å². The quantitative estimate of drug-likeness (QED) is 0.576. The highest BCUT2D eigenvalue weighted by molar-refractivity contribution is 4.96. The first-order chi connectivity index (χ1) is 4.20. The van der Waals surface area contributed by atoms with Gasteiger partial charge in [0.1, 0.15) is 0 Å². The summed E-state index contributed by atoms with van der Waals surface area (Å²) in [5.41, 5.74) is 1.36. The molecule has 0 aromatic heterocycles. The second kappa shape index (κ2) is 4.57. The van der Waals surface area contributed by atoms with Crippen LogP contribution in [0.4, 0.5) is 0 Å². The molecule has 0 spiro atoms. The first-order valence-corrected chi connectivity index (χ1v) is 3.43. The van der Waals surface area contributed by atoms with Gasteiger partial charge >= 0.3 is 0 Å². The molecule has 0 aliphatic rings. The number of rotatable bonds is 3. The predicted molar refractivity (Wildman–Crippen MR) is 40.3 cm³/mol. The van der Waals surface area contributed by atoms with Gasteiger partial charge in [0, 0.05) is 6.61 Å². The lowest BCUT2D eigenvalue weighted by molar-refractivity contribution is 0.237. The van der Waals surface area contributed by atoms with Crippen LogP contribution in [0.2, 0.25) is 0 Å². The number of hydrogen-bond acceptors (Lipinski definition) is 1. The molecule has 0 bridgehead atoms. The van der Waals surface area contributed by atoms with E-state index in [1.807, 2.05) is 13.8 Å². The Kier molecular flexibility index (Phi) is 4.41. The van der Waals surface area contributed by atoms with Gasteiger partial charge in [0.05, 0.1) is 0 Å². The molecule has 0 saturated carbocycles. The fourth-order valence-corrected chi connectivity index (χ4v) is 0.732. The van der Waals surface area contributed by atoms with E-state index >= 15 is 0 Å². The first kappa shape index (κ1) is 8.70.